The number of hydrogen-bond donors (Lipinski definition) is 4. The van der Waals surface area contributed by atoms with Gasteiger partial charge in [0.1, 0.15) is 12.1 Å². The van der Waals surface area contributed by atoms with Gasteiger partial charge in [-0.25, -0.2) is 4.79 Å². The highest BCUT2D eigenvalue weighted by molar-refractivity contribution is 5.77. The van der Waals surface area contributed by atoms with Gasteiger partial charge in [0.05, 0.1) is 30.4 Å². The summed E-state index contributed by atoms with van der Waals surface area (Å²) in [7, 11) is 0. The molecule has 2 rings (SSSR count). The highest BCUT2D eigenvalue weighted by atomic mass is 19.4. The lowest BCUT2D eigenvalue weighted by molar-refractivity contribution is -0.145. The molecule has 0 aliphatic heterocycles. The summed E-state index contributed by atoms with van der Waals surface area (Å²) in [4.78, 5) is 35.8. The number of nitrogens with one attached hydrogen (secondary N) is 1. The van der Waals surface area contributed by atoms with Crippen LogP contribution in [0.3, 0.4) is 0 Å². The maximum absolute atomic E-state index is 13.4. The van der Waals surface area contributed by atoms with Crippen molar-refractivity contribution in [1.29, 1.82) is 0 Å². The number of carbonyl (C=O) groups is 2. The van der Waals surface area contributed by atoms with Crippen LogP contribution in [0.5, 0.6) is 5.88 Å². The largest absolute Gasteiger partial charge is 0.493 e. The van der Waals surface area contributed by atoms with Gasteiger partial charge < -0.3 is 15.3 Å². The Morgan fingerprint density at radius 3 is 2.06 bits per heavy atom. The minimum atomic E-state index is -5.19. The fourth-order valence-corrected chi connectivity index (χ4v) is 3.48. The molecule has 200 valence electrons. The number of carboxylic acids is 2. The number of hydrogen-bond acceptors (Lipinski definition) is 5. The molecule has 15 heteroatoms. The van der Waals surface area contributed by atoms with Crippen molar-refractivity contribution in [2.24, 2.45) is 5.92 Å². The SMILES string of the molecule is CC(C)C[C@H](N[C@@H](Cn1c(O)cn(Cc2ccc(C(F)(F)F)cc2C(F)(F)F)c1=O)C(=O)O)C(=O)O. The fourth-order valence-electron chi connectivity index (χ4n) is 3.48. The van der Waals surface area contributed by atoms with Gasteiger partial charge in [0.15, 0.2) is 0 Å². The maximum atomic E-state index is 13.4. The van der Waals surface area contributed by atoms with Gasteiger partial charge in [0.2, 0.25) is 5.88 Å². The van der Waals surface area contributed by atoms with Crippen LogP contribution in [0, 0.1) is 5.92 Å². The first-order valence-electron chi connectivity index (χ1n) is 10.4. The van der Waals surface area contributed by atoms with Gasteiger partial charge in [0, 0.05) is 0 Å². The molecule has 0 saturated heterocycles. The molecule has 2 atom stereocenters. The Hall–Kier alpha value is -3.49. The Balaban J connectivity index is 2.40. The number of rotatable bonds is 10. The summed E-state index contributed by atoms with van der Waals surface area (Å²) >= 11 is 0. The van der Waals surface area contributed by atoms with E-state index in [-0.39, 0.29) is 18.4 Å². The minimum Gasteiger partial charge on any atom is -0.493 e. The lowest BCUT2D eigenvalue weighted by atomic mass is 10.0. The third kappa shape index (κ3) is 7.02. The predicted octanol–water partition coefficient (Wildman–Crippen LogP) is 2.98. The van der Waals surface area contributed by atoms with Gasteiger partial charge in [0.25, 0.3) is 0 Å². The molecular weight excluding hydrogens is 504 g/mol. The zero-order chi connectivity index (χ0) is 27.6. The third-order valence-electron chi connectivity index (χ3n) is 5.18. The van der Waals surface area contributed by atoms with E-state index in [0.29, 0.717) is 27.5 Å². The second-order valence-corrected chi connectivity index (χ2v) is 8.45. The molecule has 0 aliphatic carbocycles. The zero-order valence-corrected chi connectivity index (χ0v) is 18.9. The summed E-state index contributed by atoms with van der Waals surface area (Å²) in [5.74, 6) is -3.90. The van der Waals surface area contributed by atoms with E-state index < -0.39 is 77.7 Å². The molecule has 0 fully saturated rings. The third-order valence-corrected chi connectivity index (χ3v) is 5.18. The lowest BCUT2D eigenvalue weighted by Gasteiger charge is -2.22. The van der Waals surface area contributed by atoms with Crippen molar-refractivity contribution >= 4 is 11.9 Å². The van der Waals surface area contributed by atoms with Crippen molar-refractivity contribution in [2.45, 2.75) is 57.8 Å². The van der Waals surface area contributed by atoms with E-state index >= 15 is 0 Å². The Kier molecular flexibility index (Phi) is 8.49. The topological polar surface area (TPSA) is 134 Å². The van der Waals surface area contributed by atoms with Gasteiger partial charge in [-0.2, -0.15) is 26.3 Å². The molecule has 0 radical (unpaired) electrons. The molecule has 0 aliphatic rings. The second-order valence-electron chi connectivity index (χ2n) is 8.45. The zero-order valence-electron chi connectivity index (χ0n) is 18.9. The molecule has 0 amide bonds. The lowest BCUT2D eigenvalue weighted by Crippen LogP contribution is -2.50. The highest BCUT2D eigenvalue weighted by Crippen LogP contribution is 2.37. The number of carboxylic acid groups (broad SMARTS) is 2. The molecule has 0 spiro atoms. The molecule has 1 aromatic heterocycles. The molecule has 0 unspecified atom stereocenters. The van der Waals surface area contributed by atoms with Crippen LogP contribution in [0.1, 0.15) is 37.0 Å². The first kappa shape index (κ1) is 28.7. The van der Waals surface area contributed by atoms with E-state index in [1.165, 1.54) is 0 Å². The first-order valence-corrected chi connectivity index (χ1v) is 10.4. The molecule has 36 heavy (non-hydrogen) atoms. The maximum Gasteiger partial charge on any atom is 0.416 e. The van der Waals surface area contributed by atoms with Crippen LogP contribution in [-0.4, -0.2) is 48.5 Å². The average Bonchev–Trinajstić information content (AvgIpc) is 2.97. The number of aromatic hydroxyl groups is 1. The molecular formula is C21H23F6N3O6. The number of aliphatic carboxylic acids is 2. The number of imidazole rings is 1. The van der Waals surface area contributed by atoms with Crippen LogP contribution >= 0.6 is 0 Å². The molecule has 0 bridgehead atoms. The highest BCUT2D eigenvalue weighted by Gasteiger charge is 2.38. The molecule has 2 aromatic rings. The van der Waals surface area contributed by atoms with E-state index in [1.807, 2.05) is 0 Å². The molecule has 1 aromatic carbocycles. The summed E-state index contributed by atoms with van der Waals surface area (Å²) in [5.41, 5.74) is -5.05. The quantitative estimate of drug-likeness (QED) is 0.349. The Bertz CT molecular complexity index is 1170. The predicted molar refractivity (Wildman–Crippen MR) is 111 cm³/mol. The summed E-state index contributed by atoms with van der Waals surface area (Å²) in [5, 5.41) is 31.3. The fraction of sp³-hybridized carbons (Fsp3) is 0.476. The van der Waals surface area contributed by atoms with Crippen molar-refractivity contribution < 1.29 is 51.3 Å². The van der Waals surface area contributed by atoms with Crippen molar-refractivity contribution in [3.63, 3.8) is 0 Å². The number of benzene rings is 1. The van der Waals surface area contributed by atoms with Crippen LogP contribution in [-0.2, 0) is 35.0 Å². The van der Waals surface area contributed by atoms with Gasteiger partial charge in [-0.15, -0.1) is 0 Å². The smallest absolute Gasteiger partial charge is 0.416 e. The van der Waals surface area contributed by atoms with Gasteiger partial charge >= 0.3 is 30.0 Å². The molecule has 0 saturated carbocycles. The van der Waals surface area contributed by atoms with Gasteiger partial charge in [-0.1, -0.05) is 19.9 Å². The first-order chi connectivity index (χ1) is 16.4. The minimum absolute atomic E-state index is 0.0369. The number of alkyl halides is 6. The van der Waals surface area contributed by atoms with Gasteiger partial charge in [-0.3, -0.25) is 24.0 Å². The van der Waals surface area contributed by atoms with Crippen molar-refractivity contribution in [1.82, 2.24) is 14.5 Å². The van der Waals surface area contributed by atoms with Crippen molar-refractivity contribution in [3.8, 4) is 5.88 Å². The van der Waals surface area contributed by atoms with E-state index in [0.717, 1.165) is 0 Å². The molecule has 4 N–H and O–H groups in total. The standard InChI is InChI=1S/C21H23F6N3O6/c1-10(2)5-14(17(32)33)28-15(18(34)35)8-30-16(31)9-29(19(30)36)7-11-3-4-12(20(22,23)24)6-13(11)21(25,26)27/h3-4,6,9-10,14-15,28,31H,5,7-8H2,1-2H3,(H,32,33)(H,34,35)/t14-,15-/m0/s1. The Morgan fingerprint density at radius 1 is 1.00 bits per heavy atom. The number of nitrogens with zero attached hydrogens (tertiary/aromatic N) is 2. The Labute approximate surface area is 199 Å². The normalized spacial score (nSPS) is 14.1. The number of aromatic nitrogens is 2. The van der Waals surface area contributed by atoms with E-state index in [1.54, 1.807) is 13.8 Å². The van der Waals surface area contributed by atoms with Crippen LogP contribution in [0.2, 0.25) is 0 Å². The van der Waals surface area contributed by atoms with Crippen LogP contribution in [0.4, 0.5) is 26.3 Å². The van der Waals surface area contributed by atoms with E-state index in [9.17, 15) is 56.0 Å². The molecule has 1 heterocycles. The van der Waals surface area contributed by atoms with Crippen LogP contribution < -0.4 is 11.0 Å². The van der Waals surface area contributed by atoms with E-state index in [4.69, 9.17) is 0 Å². The van der Waals surface area contributed by atoms with Crippen molar-refractivity contribution in [2.75, 3.05) is 0 Å². The van der Waals surface area contributed by atoms with Crippen LogP contribution in [0.25, 0.3) is 0 Å². The van der Waals surface area contributed by atoms with Crippen molar-refractivity contribution in [3.05, 3.63) is 51.6 Å². The van der Waals surface area contributed by atoms with Gasteiger partial charge in [-0.05, 0) is 30.0 Å². The summed E-state index contributed by atoms with van der Waals surface area (Å²) in [6.07, 6.45) is -9.50. The second kappa shape index (κ2) is 10.6. The van der Waals surface area contributed by atoms with Crippen LogP contribution in [0.15, 0.2) is 29.2 Å². The summed E-state index contributed by atoms with van der Waals surface area (Å²) < 4.78 is 79.9. The molecule has 9 nitrogen and oxygen atoms in total. The number of halogens is 6. The van der Waals surface area contributed by atoms with E-state index in [2.05, 4.69) is 5.32 Å². The monoisotopic (exact) mass is 527 g/mol. The summed E-state index contributed by atoms with van der Waals surface area (Å²) in [6.45, 7) is 1.72. The Morgan fingerprint density at radius 2 is 1.58 bits per heavy atom. The average molecular weight is 527 g/mol. The summed E-state index contributed by atoms with van der Waals surface area (Å²) in [6, 6.07) is -2.12.